The van der Waals surface area contributed by atoms with E-state index in [0.717, 1.165) is 18.4 Å². The van der Waals surface area contributed by atoms with Crippen molar-refractivity contribution in [3.63, 3.8) is 0 Å². The molecule has 1 aliphatic heterocycles. The number of piperidine rings is 1. The van der Waals surface area contributed by atoms with Gasteiger partial charge in [-0.15, -0.1) is 0 Å². The maximum Gasteiger partial charge on any atom is 0.321 e. The Labute approximate surface area is 163 Å². The van der Waals surface area contributed by atoms with Crippen molar-refractivity contribution in [2.45, 2.75) is 19.4 Å². The summed E-state index contributed by atoms with van der Waals surface area (Å²) in [5.74, 6) is -0.0859. The second-order valence-corrected chi connectivity index (χ2v) is 6.76. The molecule has 2 N–H and O–H groups in total. The van der Waals surface area contributed by atoms with Crippen LogP contribution in [0.3, 0.4) is 0 Å². The predicted molar refractivity (Wildman–Crippen MR) is 105 cm³/mol. The standard InChI is InChI=1S/C21H24FN3O3/c1-28-19-7-3-2-6-18(19)24-21(27)25-12-4-5-16(14-25)20(26)23-13-15-8-10-17(22)11-9-15/h2-3,6-11,16H,4-5,12-14H2,1H3,(H,23,26)(H,24,27)/t16-/m1/s1. The van der Waals surface area contributed by atoms with Gasteiger partial charge in [-0.2, -0.15) is 0 Å². The highest BCUT2D eigenvalue weighted by Crippen LogP contribution is 2.24. The van der Waals surface area contributed by atoms with Crippen LogP contribution in [0.25, 0.3) is 0 Å². The molecule has 0 bridgehead atoms. The normalized spacial score (nSPS) is 16.4. The topological polar surface area (TPSA) is 70.7 Å². The first-order chi connectivity index (χ1) is 13.6. The van der Waals surface area contributed by atoms with Gasteiger partial charge >= 0.3 is 6.03 Å². The first kappa shape index (κ1) is 19.7. The zero-order chi connectivity index (χ0) is 19.9. The first-order valence-corrected chi connectivity index (χ1v) is 9.28. The third kappa shape index (κ3) is 5.00. The Morgan fingerprint density at radius 1 is 1.18 bits per heavy atom. The van der Waals surface area contributed by atoms with Crippen molar-refractivity contribution in [1.82, 2.24) is 10.2 Å². The molecule has 0 aliphatic carbocycles. The highest BCUT2D eigenvalue weighted by Gasteiger charge is 2.28. The van der Waals surface area contributed by atoms with Crippen LogP contribution in [0.15, 0.2) is 48.5 Å². The largest absolute Gasteiger partial charge is 0.495 e. The molecule has 2 aromatic rings. The number of anilines is 1. The van der Waals surface area contributed by atoms with Crippen LogP contribution in [0.1, 0.15) is 18.4 Å². The minimum atomic E-state index is -0.306. The van der Waals surface area contributed by atoms with Gasteiger partial charge in [-0.05, 0) is 42.7 Å². The van der Waals surface area contributed by atoms with Gasteiger partial charge in [-0.25, -0.2) is 9.18 Å². The third-order valence-corrected chi connectivity index (χ3v) is 4.81. The van der Waals surface area contributed by atoms with Crippen LogP contribution in [0, 0.1) is 11.7 Å². The van der Waals surface area contributed by atoms with Gasteiger partial charge in [0.25, 0.3) is 0 Å². The summed E-state index contributed by atoms with van der Waals surface area (Å²) < 4.78 is 18.2. The number of hydrogen-bond donors (Lipinski definition) is 2. The van der Waals surface area contributed by atoms with Crippen LogP contribution in [0.2, 0.25) is 0 Å². The fraction of sp³-hybridized carbons (Fsp3) is 0.333. The second-order valence-electron chi connectivity index (χ2n) is 6.76. The number of amides is 3. The molecule has 148 valence electrons. The maximum atomic E-state index is 13.0. The fourth-order valence-corrected chi connectivity index (χ4v) is 3.25. The number of methoxy groups -OCH3 is 1. The second kappa shape index (κ2) is 9.21. The number of carbonyl (C=O) groups excluding carboxylic acids is 2. The summed E-state index contributed by atoms with van der Waals surface area (Å²) in [5, 5.41) is 5.72. The minimum absolute atomic E-state index is 0.0980. The van der Waals surface area contributed by atoms with Crippen molar-refractivity contribution < 1.29 is 18.7 Å². The highest BCUT2D eigenvalue weighted by molar-refractivity contribution is 5.91. The van der Waals surface area contributed by atoms with E-state index >= 15 is 0 Å². The number of para-hydroxylation sites is 2. The van der Waals surface area contributed by atoms with E-state index in [4.69, 9.17) is 4.74 Å². The quantitative estimate of drug-likeness (QED) is 0.829. The van der Waals surface area contributed by atoms with Crippen molar-refractivity contribution in [1.29, 1.82) is 0 Å². The van der Waals surface area contributed by atoms with Crippen molar-refractivity contribution in [3.8, 4) is 5.75 Å². The molecule has 0 aromatic heterocycles. The first-order valence-electron chi connectivity index (χ1n) is 9.28. The SMILES string of the molecule is COc1ccccc1NC(=O)N1CCC[C@@H](C(=O)NCc2ccc(F)cc2)C1. The molecule has 7 heteroatoms. The van der Waals surface area contributed by atoms with Crippen molar-refractivity contribution in [2.24, 2.45) is 5.92 Å². The summed E-state index contributed by atoms with van der Waals surface area (Å²) in [4.78, 5) is 26.8. The molecule has 0 saturated carbocycles. The van der Waals surface area contributed by atoms with Crippen LogP contribution in [0.4, 0.5) is 14.9 Å². The summed E-state index contributed by atoms with van der Waals surface area (Å²) in [6.07, 6.45) is 1.49. The van der Waals surface area contributed by atoms with E-state index in [2.05, 4.69) is 10.6 Å². The number of nitrogens with zero attached hydrogens (tertiary/aromatic N) is 1. The number of urea groups is 1. The number of hydrogen-bond acceptors (Lipinski definition) is 3. The molecule has 0 unspecified atom stereocenters. The van der Waals surface area contributed by atoms with Crippen molar-refractivity contribution in [2.75, 3.05) is 25.5 Å². The van der Waals surface area contributed by atoms with E-state index in [0.29, 0.717) is 31.1 Å². The Morgan fingerprint density at radius 3 is 2.68 bits per heavy atom. The van der Waals surface area contributed by atoms with Gasteiger partial charge in [0.15, 0.2) is 0 Å². The number of carbonyl (C=O) groups is 2. The summed E-state index contributed by atoms with van der Waals surface area (Å²) in [6, 6.07) is 13.0. The molecule has 1 heterocycles. The molecule has 3 rings (SSSR count). The van der Waals surface area contributed by atoms with E-state index in [1.807, 2.05) is 12.1 Å². The lowest BCUT2D eigenvalue weighted by Crippen LogP contribution is -2.46. The smallest absolute Gasteiger partial charge is 0.321 e. The Hall–Kier alpha value is -3.09. The number of nitrogens with one attached hydrogen (secondary N) is 2. The maximum absolute atomic E-state index is 13.0. The summed E-state index contributed by atoms with van der Waals surface area (Å²) in [6.45, 7) is 1.29. The number of halogens is 1. The van der Waals surface area contributed by atoms with Gasteiger partial charge in [0.05, 0.1) is 18.7 Å². The molecule has 2 aromatic carbocycles. The van der Waals surface area contributed by atoms with Crippen LogP contribution in [-0.2, 0) is 11.3 Å². The van der Waals surface area contributed by atoms with Gasteiger partial charge in [0, 0.05) is 19.6 Å². The van der Waals surface area contributed by atoms with Gasteiger partial charge in [-0.3, -0.25) is 4.79 Å². The van der Waals surface area contributed by atoms with E-state index in [-0.39, 0.29) is 23.7 Å². The Morgan fingerprint density at radius 2 is 1.93 bits per heavy atom. The van der Waals surface area contributed by atoms with Crippen LogP contribution in [0.5, 0.6) is 5.75 Å². The van der Waals surface area contributed by atoms with Gasteiger partial charge in [0.2, 0.25) is 5.91 Å². The van der Waals surface area contributed by atoms with Crippen LogP contribution < -0.4 is 15.4 Å². The van der Waals surface area contributed by atoms with E-state index in [9.17, 15) is 14.0 Å². The molecule has 3 amide bonds. The monoisotopic (exact) mass is 385 g/mol. The number of ether oxygens (including phenoxy) is 1. The van der Waals surface area contributed by atoms with Crippen LogP contribution in [-0.4, -0.2) is 37.0 Å². The van der Waals surface area contributed by atoms with E-state index < -0.39 is 0 Å². The zero-order valence-corrected chi connectivity index (χ0v) is 15.8. The predicted octanol–water partition coefficient (Wildman–Crippen LogP) is 3.39. The molecule has 1 aliphatic rings. The molecule has 1 fully saturated rings. The highest BCUT2D eigenvalue weighted by atomic mass is 19.1. The molecule has 0 radical (unpaired) electrons. The number of benzene rings is 2. The molecule has 28 heavy (non-hydrogen) atoms. The van der Waals surface area contributed by atoms with Crippen molar-refractivity contribution in [3.05, 3.63) is 59.9 Å². The number of likely N-dealkylation sites (tertiary alicyclic amines) is 1. The van der Waals surface area contributed by atoms with Crippen molar-refractivity contribution >= 4 is 17.6 Å². The third-order valence-electron chi connectivity index (χ3n) is 4.81. The summed E-state index contributed by atoms with van der Waals surface area (Å²) in [7, 11) is 1.55. The molecular formula is C21H24FN3O3. The van der Waals surface area contributed by atoms with Gasteiger partial charge in [-0.1, -0.05) is 24.3 Å². The molecular weight excluding hydrogens is 361 g/mol. The number of rotatable bonds is 5. The zero-order valence-electron chi connectivity index (χ0n) is 15.8. The molecule has 1 atom stereocenters. The average Bonchev–Trinajstić information content (AvgIpc) is 2.73. The lowest BCUT2D eigenvalue weighted by molar-refractivity contribution is -0.126. The Kier molecular flexibility index (Phi) is 6.47. The lowest BCUT2D eigenvalue weighted by Gasteiger charge is -2.32. The van der Waals surface area contributed by atoms with E-state index in [1.54, 1.807) is 36.3 Å². The summed E-state index contributed by atoms with van der Waals surface area (Å²) >= 11 is 0. The molecule has 0 spiro atoms. The molecule has 1 saturated heterocycles. The Balaban J connectivity index is 1.54. The van der Waals surface area contributed by atoms with Gasteiger partial charge < -0.3 is 20.3 Å². The van der Waals surface area contributed by atoms with Gasteiger partial charge in [0.1, 0.15) is 11.6 Å². The lowest BCUT2D eigenvalue weighted by atomic mass is 9.97. The Bertz CT molecular complexity index is 826. The van der Waals surface area contributed by atoms with E-state index in [1.165, 1.54) is 12.1 Å². The average molecular weight is 385 g/mol. The fourth-order valence-electron chi connectivity index (χ4n) is 3.25. The van der Waals surface area contributed by atoms with Crippen LogP contribution >= 0.6 is 0 Å². The molecule has 6 nitrogen and oxygen atoms in total. The summed E-state index contributed by atoms with van der Waals surface area (Å²) in [5.41, 5.74) is 1.43. The minimum Gasteiger partial charge on any atom is -0.495 e.